The standard InChI is InChI=1S/C16H18FNO2/c1-18-16(11-5-4-6-12(9-11)19-2)14-8-7-13(20-3)10-15(14)17/h4-10,16,18H,1-3H3. The Morgan fingerprint density at radius 1 is 1.00 bits per heavy atom. The third-order valence-corrected chi connectivity index (χ3v) is 3.23. The molecule has 0 spiro atoms. The lowest BCUT2D eigenvalue weighted by molar-refractivity contribution is 0.409. The molecule has 0 heterocycles. The molecule has 0 saturated carbocycles. The predicted octanol–water partition coefficient (Wildman–Crippen LogP) is 3.15. The van der Waals surface area contributed by atoms with Crippen molar-refractivity contribution in [3.05, 3.63) is 59.4 Å². The Morgan fingerprint density at radius 2 is 1.70 bits per heavy atom. The minimum Gasteiger partial charge on any atom is -0.497 e. The van der Waals surface area contributed by atoms with Crippen LogP contribution in [0.2, 0.25) is 0 Å². The van der Waals surface area contributed by atoms with Crippen molar-refractivity contribution in [1.29, 1.82) is 0 Å². The first-order valence-corrected chi connectivity index (χ1v) is 6.34. The molecule has 0 aromatic heterocycles. The largest absolute Gasteiger partial charge is 0.497 e. The zero-order valence-electron chi connectivity index (χ0n) is 11.8. The maximum atomic E-state index is 14.2. The second-order valence-corrected chi connectivity index (χ2v) is 4.39. The highest BCUT2D eigenvalue weighted by Gasteiger charge is 2.17. The van der Waals surface area contributed by atoms with Gasteiger partial charge in [-0.3, -0.25) is 0 Å². The van der Waals surface area contributed by atoms with E-state index in [4.69, 9.17) is 9.47 Å². The summed E-state index contributed by atoms with van der Waals surface area (Å²) >= 11 is 0. The number of benzene rings is 2. The van der Waals surface area contributed by atoms with Gasteiger partial charge in [0.2, 0.25) is 0 Å². The molecule has 0 radical (unpaired) electrons. The summed E-state index contributed by atoms with van der Waals surface area (Å²) in [5.74, 6) is 0.954. The third-order valence-electron chi connectivity index (χ3n) is 3.23. The molecule has 0 aliphatic heterocycles. The first-order chi connectivity index (χ1) is 9.69. The number of hydrogen-bond acceptors (Lipinski definition) is 3. The van der Waals surface area contributed by atoms with Crippen LogP contribution in [-0.4, -0.2) is 21.3 Å². The first-order valence-electron chi connectivity index (χ1n) is 6.34. The van der Waals surface area contributed by atoms with E-state index in [1.807, 2.05) is 24.3 Å². The molecule has 0 aliphatic carbocycles. The summed E-state index contributed by atoms with van der Waals surface area (Å²) in [5.41, 5.74) is 1.51. The van der Waals surface area contributed by atoms with Crippen LogP contribution in [0.25, 0.3) is 0 Å². The van der Waals surface area contributed by atoms with Crippen LogP contribution in [0, 0.1) is 5.82 Å². The van der Waals surface area contributed by atoms with Crippen LogP contribution in [0.5, 0.6) is 11.5 Å². The Balaban J connectivity index is 2.41. The summed E-state index contributed by atoms with van der Waals surface area (Å²) in [4.78, 5) is 0. The molecule has 3 nitrogen and oxygen atoms in total. The normalized spacial score (nSPS) is 12.0. The molecule has 106 valence electrons. The zero-order valence-corrected chi connectivity index (χ0v) is 11.8. The van der Waals surface area contributed by atoms with Gasteiger partial charge in [0.25, 0.3) is 0 Å². The van der Waals surface area contributed by atoms with Crippen molar-refractivity contribution in [3.63, 3.8) is 0 Å². The van der Waals surface area contributed by atoms with Crippen LogP contribution in [0.1, 0.15) is 17.2 Å². The van der Waals surface area contributed by atoms with E-state index in [1.165, 1.54) is 13.2 Å². The van der Waals surface area contributed by atoms with Gasteiger partial charge in [-0.2, -0.15) is 0 Å². The second kappa shape index (κ2) is 6.39. The van der Waals surface area contributed by atoms with Crippen molar-refractivity contribution < 1.29 is 13.9 Å². The third kappa shape index (κ3) is 2.91. The molecule has 2 rings (SSSR count). The molecule has 0 fully saturated rings. The van der Waals surface area contributed by atoms with E-state index < -0.39 is 0 Å². The first kappa shape index (κ1) is 14.3. The van der Waals surface area contributed by atoms with Gasteiger partial charge in [-0.25, -0.2) is 4.39 Å². The van der Waals surface area contributed by atoms with Gasteiger partial charge in [-0.05, 0) is 30.8 Å². The number of methoxy groups -OCH3 is 2. The molecular weight excluding hydrogens is 257 g/mol. The van der Waals surface area contributed by atoms with Gasteiger partial charge in [0, 0.05) is 11.6 Å². The Bertz CT molecular complexity index is 586. The fourth-order valence-electron chi connectivity index (χ4n) is 2.19. The van der Waals surface area contributed by atoms with Crippen LogP contribution in [0.15, 0.2) is 42.5 Å². The van der Waals surface area contributed by atoms with Gasteiger partial charge in [-0.1, -0.05) is 18.2 Å². The minimum absolute atomic E-state index is 0.240. The summed E-state index contributed by atoms with van der Waals surface area (Å²) in [5, 5.41) is 3.13. The van der Waals surface area contributed by atoms with Gasteiger partial charge in [0.05, 0.1) is 20.3 Å². The average Bonchev–Trinajstić information content (AvgIpc) is 2.49. The summed E-state index contributed by atoms with van der Waals surface area (Å²) in [6.07, 6.45) is 0. The van der Waals surface area contributed by atoms with Crippen LogP contribution in [-0.2, 0) is 0 Å². The molecule has 2 aromatic carbocycles. The average molecular weight is 275 g/mol. The topological polar surface area (TPSA) is 30.5 Å². The van der Waals surface area contributed by atoms with Crippen LogP contribution >= 0.6 is 0 Å². The van der Waals surface area contributed by atoms with Crippen molar-refractivity contribution in [1.82, 2.24) is 5.32 Å². The highest BCUT2D eigenvalue weighted by atomic mass is 19.1. The van der Waals surface area contributed by atoms with E-state index >= 15 is 0 Å². The molecule has 1 N–H and O–H groups in total. The Morgan fingerprint density at radius 3 is 2.30 bits per heavy atom. The van der Waals surface area contributed by atoms with Gasteiger partial charge < -0.3 is 14.8 Å². The lowest BCUT2D eigenvalue weighted by Crippen LogP contribution is -2.19. The Labute approximate surface area is 118 Å². The van der Waals surface area contributed by atoms with Crippen LogP contribution < -0.4 is 14.8 Å². The molecule has 0 bridgehead atoms. The maximum Gasteiger partial charge on any atom is 0.132 e. The fraction of sp³-hybridized carbons (Fsp3) is 0.250. The zero-order chi connectivity index (χ0) is 14.5. The van der Waals surface area contributed by atoms with Crippen molar-refractivity contribution in [2.24, 2.45) is 0 Å². The lowest BCUT2D eigenvalue weighted by atomic mass is 9.98. The van der Waals surface area contributed by atoms with E-state index in [9.17, 15) is 4.39 Å². The fourth-order valence-corrected chi connectivity index (χ4v) is 2.19. The van der Waals surface area contributed by atoms with Crippen molar-refractivity contribution in [3.8, 4) is 11.5 Å². The van der Waals surface area contributed by atoms with Gasteiger partial charge in [0.1, 0.15) is 17.3 Å². The summed E-state index contributed by atoms with van der Waals surface area (Å²) in [6.45, 7) is 0. The lowest BCUT2D eigenvalue weighted by Gasteiger charge is -2.19. The second-order valence-electron chi connectivity index (χ2n) is 4.39. The summed E-state index contributed by atoms with van der Waals surface area (Å²) in [7, 11) is 4.93. The van der Waals surface area contributed by atoms with E-state index in [0.29, 0.717) is 11.3 Å². The monoisotopic (exact) mass is 275 g/mol. The molecular formula is C16H18FNO2. The Hall–Kier alpha value is -2.07. The van der Waals surface area contributed by atoms with Gasteiger partial charge in [0.15, 0.2) is 0 Å². The molecule has 1 unspecified atom stereocenters. The van der Waals surface area contributed by atoms with Gasteiger partial charge in [-0.15, -0.1) is 0 Å². The molecule has 1 atom stereocenters. The summed E-state index contributed by atoms with van der Waals surface area (Å²) < 4.78 is 24.4. The van der Waals surface area contributed by atoms with Crippen molar-refractivity contribution in [2.75, 3.05) is 21.3 Å². The van der Waals surface area contributed by atoms with E-state index in [2.05, 4.69) is 5.32 Å². The number of halogens is 1. The molecule has 4 heteroatoms. The smallest absolute Gasteiger partial charge is 0.132 e. The molecule has 0 aliphatic rings. The van der Waals surface area contributed by atoms with Crippen LogP contribution in [0.3, 0.4) is 0 Å². The van der Waals surface area contributed by atoms with Crippen molar-refractivity contribution in [2.45, 2.75) is 6.04 Å². The molecule has 2 aromatic rings. The Kier molecular flexibility index (Phi) is 4.58. The highest BCUT2D eigenvalue weighted by molar-refractivity contribution is 5.39. The summed E-state index contributed by atoms with van der Waals surface area (Å²) in [6, 6.07) is 12.2. The highest BCUT2D eigenvalue weighted by Crippen LogP contribution is 2.28. The minimum atomic E-state index is -0.300. The number of hydrogen-bond donors (Lipinski definition) is 1. The molecule has 0 saturated heterocycles. The van der Waals surface area contributed by atoms with E-state index in [1.54, 1.807) is 26.3 Å². The number of rotatable bonds is 5. The molecule has 20 heavy (non-hydrogen) atoms. The van der Waals surface area contributed by atoms with E-state index in [0.717, 1.165) is 11.3 Å². The quantitative estimate of drug-likeness (QED) is 0.909. The maximum absolute atomic E-state index is 14.2. The van der Waals surface area contributed by atoms with Gasteiger partial charge >= 0.3 is 0 Å². The number of nitrogens with one attached hydrogen (secondary N) is 1. The predicted molar refractivity (Wildman–Crippen MR) is 76.8 cm³/mol. The van der Waals surface area contributed by atoms with E-state index in [-0.39, 0.29) is 11.9 Å². The SMILES string of the molecule is CNC(c1cccc(OC)c1)c1ccc(OC)cc1F. The molecule has 0 amide bonds. The van der Waals surface area contributed by atoms with Crippen LogP contribution in [0.4, 0.5) is 4.39 Å². The van der Waals surface area contributed by atoms with Crippen molar-refractivity contribution >= 4 is 0 Å². The number of ether oxygens (including phenoxy) is 2.